The van der Waals surface area contributed by atoms with Crippen LogP contribution < -0.4 is 14.5 Å². The summed E-state index contributed by atoms with van der Waals surface area (Å²) in [5.41, 5.74) is 2.19. The molecule has 29 heavy (non-hydrogen) atoms. The van der Waals surface area contributed by atoms with Crippen molar-refractivity contribution < 1.29 is 14.3 Å². The highest BCUT2D eigenvalue weighted by Crippen LogP contribution is 2.21. The fraction of sp³-hybridized carbons (Fsp3) is 0.476. The second-order valence-electron chi connectivity index (χ2n) is 7.34. The SMILES string of the molecule is Cc1cccc(OCC(=O)N2CCN(c3cc(N4CCOCC4)cnn3)CC2)c1. The Hall–Kier alpha value is -2.87. The molecule has 2 aliphatic rings. The molecule has 8 heteroatoms. The topological polar surface area (TPSA) is 71.0 Å². The molecule has 154 valence electrons. The van der Waals surface area contributed by atoms with Gasteiger partial charge >= 0.3 is 0 Å². The fourth-order valence-corrected chi connectivity index (χ4v) is 3.62. The Balaban J connectivity index is 1.29. The number of hydrogen-bond acceptors (Lipinski definition) is 7. The van der Waals surface area contributed by atoms with E-state index in [1.54, 1.807) is 6.20 Å². The molecule has 0 aliphatic carbocycles. The van der Waals surface area contributed by atoms with Crippen molar-refractivity contribution in [3.8, 4) is 5.75 Å². The van der Waals surface area contributed by atoms with Gasteiger partial charge in [0.2, 0.25) is 0 Å². The maximum absolute atomic E-state index is 12.5. The van der Waals surface area contributed by atoms with Crippen molar-refractivity contribution in [3.63, 3.8) is 0 Å². The van der Waals surface area contributed by atoms with Crippen LogP contribution >= 0.6 is 0 Å². The largest absolute Gasteiger partial charge is 0.484 e. The van der Waals surface area contributed by atoms with E-state index < -0.39 is 0 Å². The number of carbonyl (C=O) groups is 1. The van der Waals surface area contributed by atoms with Gasteiger partial charge in [-0.25, -0.2) is 0 Å². The molecule has 2 aromatic rings. The minimum absolute atomic E-state index is 0.0132. The fourth-order valence-electron chi connectivity index (χ4n) is 3.62. The van der Waals surface area contributed by atoms with Gasteiger partial charge in [0, 0.05) is 45.3 Å². The van der Waals surface area contributed by atoms with Crippen LogP contribution in [-0.4, -0.2) is 80.1 Å². The maximum Gasteiger partial charge on any atom is 0.260 e. The van der Waals surface area contributed by atoms with E-state index in [1.807, 2.05) is 36.1 Å². The lowest BCUT2D eigenvalue weighted by atomic mass is 10.2. The van der Waals surface area contributed by atoms with Crippen LogP contribution in [0.25, 0.3) is 0 Å². The van der Waals surface area contributed by atoms with E-state index in [4.69, 9.17) is 9.47 Å². The molecule has 0 radical (unpaired) electrons. The van der Waals surface area contributed by atoms with Gasteiger partial charge in [-0.05, 0) is 24.6 Å². The normalized spacial score (nSPS) is 17.3. The van der Waals surface area contributed by atoms with Crippen molar-refractivity contribution in [1.29, 1.82) is 0 Å². The van der Waals surface area contributed by atoms with Gasteiger partial charge in [-0.2, -0.15) is 5.10 Å². The molecule has 0 unspecified atom stereocenters. The average molecular weight is 397 g/mol. The molecule has 1 amide bonds. The van der Waals surface area contributed by atoms with Crippen LogP contribution in [0.15, 0.2) is 36.5 Å². The van der Waals surface area contributed by atoms with E-state index >= 15 is 0 Å². The number of rotatable bonds is 5. The first-order valence-corrected chi connectivity index (χ1v) is 10.1. The molecule has 1 aromatic carbocycles. The van der Waals surface area contributed by atoms with Crippen molar-refractivity contribution in [2.24, 2.45) is 0 Å². The van der Waals surface area contributed by atoms with Crippen LogP contribution in [0.5, 0.6) is 5.75 Å². The number of amides is 1. The van der Waals surface area contributed by atoms with Crippen LogP contribution in [-0.2, 0) is 9.53 Å². The molecule has 0 N–H and O–H groups in total. The summed E-state index contributed by atoms with van der Waals surface area (Å²) < 4.78 is 11.1. The number of aryl methyl sites for hydroxylation is 1. The third kappa shape index (κ3) is 4.95. The maximum atomic E-state index is 12.5. The molecule has 2 saturated heterocycles. The molecular weight excluding hydrogens is 370 g/mol. The van der Waals surface area contributed by atoms with Gasteiger partial charge in [-0.15, -0.1) is 5.10 Å². The van der Waals surface area contributed by atoms with Crippen LogP contribution in [0.2, 0.25) is 0 Å². The summed E-state index contributed by atoms with van der Waals surface area (Å²) in [6, 6.07) is 9.82. The molecule has 0 saturated carbocycles. The van der Waals surface area contributed by atoms with Crippen LogP contribution in [0.1, 0.15) is 5.56 Å². The number of aromatic nitrogens is 2. The van der Waals surface area contributed by atoms with Crippen molar-refractivity contribution in [2.75, 3.05) is 68.9 Å². The smallest absolute Gasteiger partial charge is 0.260 e. The first kappa shape index (κ1) is 19.4. The van der Waals surface area contributed by atoms with Gasteiger partial charge in [0.05, 0.1) is 25.1 Å². The van der Waals surface area contributed by atoms with Crippen molar-refractivity contribution in [3.05, 3.63) is 42.1 Å². The zero-order chi connectivity index (χ0) is 20.1. The van der Waals surface area contributed by atoms with Crippen LogP contribution in [0.4, 0.5) is 11.5 Å². The Morgan fingerprint density at radius 3 is 2.62 bits per heavy atom. The summed E-state index contributed by atoms with van der Waals surface area (Å²) in [4.78, 5) is 18.8. The number of hydrogen-bond donors (Lipinski definition) is 0. The van der Waals surface area contributed by atoms with E-state index in [-0.39, 0.29) is 12.5 Å². The Morgan fingerprint density at radius 1 is 1.07 bits per heavy atom. The predicted octanol–water partition coefficient (Wildman–Crippen LogP) is 1.35. The highest BCUT2D eigenvalue weighted by Gasteiger charge is 2.23. The van der Waals surface area contributed by atoms with Crippen molar-refractivity contribution in [1.82, 2.24) is 15.1 Å². The number of morpholine rings is 1. The quantitative estimate of drug-likeness (QED) is 0.754. The van der Waals surface area contributed by atoms with Gasteiger partial charge in [0.15, 0.2) is 12.4 Å². The summed E-state index contributed by atoms with van der Waals surface area (Å²) in [5, 5.41) is 8.49. The minimum atomic E-state index is 0.0132. The lowest BCUT2D eigenvalue weighted by molar-refractivity contribution is -0.133. The molecule has 3 heterocycles. The zero-order valence-electron chi connectivity index (χ0n) is 16.8. The standard InChI is InChI=1S/C21H27N5O3/c1-17-3-2-4-19(13-17)29-16-21(27)26-7-5-25(6-8-26)20-14-18(15-22-23-20)24-9-11-28-12-10-24/h2-4,13-15H,5-12,16H2,1H3. The summed E-state index contributed by atoms with van der Waals surface area (Å²) >= 11 is 0. The minimum Gasteiger partial charge on any atom is -0.484 e. The van der Waals surface area contributed by atoms with E-state index in [0.717, 1.165) is 62.2 Å². The second kappa shape index (κ2) is 9.09. The monoisotopic (exact) mass is 397 g/mol. The number of carbonyl (C=O) groups excluding carboxylic acids is 1. The van der Waals surface area contributed by atoms with Crippen LogP contribution in [0, 0.1) is 6.92 Å². The van der Waals surface area contributed by atoms with Gasteiger partial charge in [-0.1, -0.05) is 12.1 Å². The molecule has 8 nitrogen and oxygen atoms in total. The Bertz CT molecular complexity index is 833. The van der Waals surface area contributed by atoms with E-state index in [2.05, 4.69) is 26.1 Å². The third-order valence-electron chi connectivity index (χ3n) is 5.31. The molecule has 0 atom stereocenters. The molecule has 4 rings (SSSR count). The number of benzene rings is 1. The van der Waals surface area contributed by atoms with Crippen molar-refractivity contribution in [2.45, 2.75) is 6.92 Å². The highest BCUT2D eigenvalue weighted by molar-refractivity contribution is 5.78. The Kier molecular flexibility index (Phi) is 6.09. The molecule has 0 spiro atoms. The summed E-state index contributed by atoms with van der Waals surface area (Å²) in [7, 11) is 0. The zero-order valence-corrected chi connectivity index (χ0v) is 16.8. The lowest BCUT2D eigenvalue weighted by Gasteiger charge is -2.35. The summed E-state index contributed by atoms with van der Waals surface area (Å²) in [6.45, 7) is 8.06. The van der Waals surface area contributed by atoms with Gasteiger partial charge < -0.3 is 24.2 Å². The van der Waals surface area contributed by atoms with Gasteiger partial charge in [0.1, 0.15) is 5.75 Å². The van der Waals surface area contributed by atoms with E-state index in [1.165, 1.54) is 0 Å². The number of anilines is 2. The summed E-state index contributed by atoms with van der Waals surface area (Å²) in [6.07, 6.45) is 1.80. The second-order valence-corrected chi connectivity index (χ2v) is 7.34. The highest BCUT2D eigenvalue weighted by atomic mass is 16.5. The Labute approximate surface area is 171 Å². The molecule has 1 aromatic heterocycles. The summed E-state index contributed by atoms with van der Waals surface area (Å²) in [5.74, 6) is 1.60. The van der Waals surface area contributed by atoms with E-state index in [9.17, 15) is 4.79 Å². The lowest BCUT2D eigenvalue weighted by Crippen LogP contribution is -2.50. The number of ether oxygens (including phenoxy) is 2. The molecule has 2 fully saturated rings. The average Bonchev–Trinajstić information content (AvgIpc) is 2.78. The first-order valence-electron chi connectivity index (χ1n) is 10.1. The number of nitrogens with zero attached hydrogens (tertiary/aromatic N) is 5. The van der Waals surface area contributed by atoms with Crippen molar-refractivity contribution >= 4 is 17.4 Å². The first-order chi connectivity index (χ1) is 14.2. The molecular formula is C21H27N5O3. The van der Waals surface area contributed by atoms with E-state index in [0.29, 0.717) is 13.1 Å². The molecule has 0 bridgehead atoms. The molecule has 2 aliphatic heterocycles. The van der Waals surface area contributed by atoms with Gasteiger partial charge in [-0.3, -0.25) is 4.79 Å². The number of piperazine rings is 1. The Morgan fingerprint density at radius 2 is 1.86 bits per heavy atom. The van der Waals surface area contributed by atoms with Gasteiger partial charge in [0.25, 0.3) is 5.91 Å². The third-order valence-corrected chi connectivity index (χ3v) is 5.31. The van der Waals surface area contributed by atoms with Crippen LogP contribution in [0.3, 0.4) is 0 Å². The predicted molar refractivity (Wildman–Crippen MR) is 111 cm³/mol.